The van der Waals surface area contributed by atoms with Crippen LogP contribution in [0.3, 0.4) is 0 Å². The number of aromatic nitrogens is 1. The Kier molecular flexibility index (Phi) is 3.77. The van der Waals surface area contributed by atoms with E-state index >= 15 is 0 Å². The van der Waals surface area contributed by atoms with Crippen LogP contribution in [0.2, 0.25) is 0 Å². The summed E-state index contributed by atoms with van der Waals surface area (Å²) >= 11 is 1.35. The van der Waals surface area contributed by atoms with Gasteiger partial charge in [-0.2, -0.15) is 0 Å². The Morgan fingerprint density at radius 3 is 2.67 bits per heavy atom. The summed E-state index contributed by atoms with van der Waals surface area (Å²) in [5, 5.41) is 5.25. The van der Waals surface area contributed by atoms with E-state index in [9.17, 15) is 4.79 Å². The van der Waals surface area contributed by atoms with Crippen molar-refractivity contribution < 1.29 is 4.79 Å². The number of hydrogen-bond acceptors (Lipinski definition) is 3. The summed E-state index contributed by atoms with van der Waals surface area (Å²) < 4.78 is 0. The van der Waals surface area contributed by atoms with Gasteiger partial charge in [-0.3, -0.25) is 4.79 Å². The fourth-order valence-electron chi connectivity index (χ4n) is 1.70. The molecule has 3 nitrogen and oxygen atoms in total. The number of amides is 1. The maximum absolute atomic E-state index is 11.8. The van der Waals surface area contributed by atoms with E-state index in [-0.39, 0.29) is 11.3 Å². The van der Waals surface area contributed by atoms with E-state index in [1.54, 1.807) is 11.6 Å². The van der Waals surface area contributed by atoms with E-state index in [0.717, 1.165) is 0 Å². The van der Waals surface area contributed by atoms with Crippen molar-refractivity contribution in [3.63, 3.8) is 0 Å². The molecule has 0 saturated carbocycles. The Morgan fingerprint density at radius 1 is 1.33 bits per heavy atom. The molecule has 0 unspecified atom stereocenters. The predicted molar refractivity (Wildman–Crippen MR) is 73.9 cm³/mol. The van der Waals surface area contributed by atoms with Crippen LogP contribution in [0, 0.1) is 0 Å². The number of hydrogen-bond donors (Lipinski definition) is 1. The van der Waals surface area contributed by atoms with Gasteiger partial charge in [0.15, 0.2) is 5.01 Å². The molecule has 2 aromatic rings. The van der Waals surface area contributed by atoms with E-state index in [4.69, 9.17) is 0 Å². The zero-order valence-electron chi connectivity index (χ0n) is 10.5. The first-order valence-electron chi connectivity index (χ1n) is 5.83. The number of nitrogens with zero attached hydrogens (tertiary/aromatic N) is 1. The molecule has 0 aliphatic carbocycles. The minimum atomic E-state index is -0.103. The van der Waals surface area contributed by atoms with Crippen LogP contribution in [0.1, 0.15) is 29.2 Å². The molecule has 0 fully saturated rings. The fraction of sp³-hybridized carbons (Fsp3) is 0.286. The molecule has 1 N–H and O–H groups in total. The maximum Gasteiger partial charge on any atom is 0.280 e. The summed E-state index contributed by atoms with van der Waals surface area (Å²) in [6.07, 6.45) is 1.64. The van der Waals surface area contributed by atoms with Crippen LogP contribution >= 0.6 is 11.3 Å². The fourth-order valence-corrected chi connectivity index (χ4v) is 2.26. The molecule has 1 aromatic heterocycles. The van der Waals surface area contributed by atoms with Gasteiger partial charge in [0.1, 0.15) is 0 Å². The van der Waals surface area contributed by atoms with Gasteiger partial charge in [0.25, 0.3) is 5.91 Å². The summed E-state index contributed by atoms with van der Waals surface area (Å²) in [6, 6.07) is 10.2. The van der Waals surface area contributed by atoms with Crippen molar-refractivity contribution in [1.82, 2.24) is 10.3 Å². The van der Waals surface area contributed by atoms with Gasteiger partial charge in [-0.05, 0) is 5.56 Å². The number of nitrogens with one attached hydrogen (secondary N) is 1. The predicted octanol–water partition coefficient (Wildman–Crippen LogP) is 2.85. The molecular formula is C14H16N2OS. The lowest BCUT2D eigenvalue weighted by Crippen LogP contribution is -2.36. The van der Waals surface area contributed by atoms with Crippen molar-refractivity contribution in [2.75, 3.05) is 6.54 Å². The number of benzene rings is 1. The van der Waals surface area contributed by atoms with Gasteiger partial charge in [0.2, 0.25) is 0 Å². The van der Waals surface area contributed by atoms with Gasteiger partial charge in [-0.1, -0.05) is 44.2 Å². The lowest BCUT2D eigenvalue weighted by Gasteiger charge is -2.25. The summed E-state index contributed by atoms with van der Waals surface area (Å²) in [5.74, 6) is -0.103. The second-order valence-corrected chi connectivity index (χ2v) is 5.66. The van der Waals surface area contributed by atoms with Crippen molar-refractivity contribution in [1.29, 1.82) is 0 Å². The van der Waals surface area contributed by atoms with Gasteiger partial charge >= 0.3 is 0 Å². The first-order valence-corrected chi connectivity index (χ1v) is 6.71. The Morgan fingerprint density at radius 2 is 2.06 bits per heavy atom. The molecule has 0 saturated heterocycles. The topological polar surface area (TPSA) is 42.0 Å². The van der Waals surface area contributed by atoms with Crippen molar-refractivity contribution in [3.8, 4) is 0 Å². The number of rotatable bonds is 4. The Hall–Kier alpha value is -1.68. The van der Waals surface area contributed by atoms with E-state index in [0.29, 0.717) is 11.6 Å². The third-order valence-corrected chi connectivity index (χ3v) is 3.64. The van der Waals surface area contributed by atoms with Crippen LogP contribution < -0.4 is 5.32 Å². The minimum absolute atomic E-state index is 0.0891. The number of thiazole rings is 1. The first kappa shape index (κ1) is 12.8. The van der Waals surface area contributed by atoms with Crippen LogP contribution in [0.5, 0.6) is 0 Å². The largest absolute Gasteiger partial charge is 0.349 e. The summed E-state index contributed by atoms with van der Waals surface area (Å²) in [4.78, 5) is 15.8. The van der Waals surface area contributed by atoms with Crippen molar-refractivity contribution in [3.05, 3.63) is 52.5 Å². The molecule has 18 heavy (non-hydrogen) atoms. The van der Waals surface area contributed by atoms with Crippen LogP contribution in [0.15, 0.2) is 41.9 Å². The Bertz CT molecular complexity index is 506. The molecule has 0 spiro atoms. The smallest absolute Gasteiger partial charge is 0.280 e. The van der Waals surface area contributed by atoms with Gasteiger partial charge in [0, 0.05) is 23.5 Å². The minimum Gasteiger partial charge on any atom is -0.349 e. The molecule has 0 aliphatic rings. The summed E-state index contributed by atoms with van der Waals surface area (Å²) in [7, 11) is 0. The second-order valence-electron chi connectivity index (χ2n) is 4.77. The quantitative estimate of drug-likeness (QED) is 0.918. The highest BCUT2D eigenvalue weighted by Gasteiger charge is 2.21. The highest BCUT2D eigenvalue weighted by molar-refractivity contribution is 7.11. The normalized spacial score (nSPS) is 11.2. The SMILES string of the molecule is CC(C)(CNC(=O)c1nccs1)c1ccccc1. The lowest BCUT2D eigenvalue weighted by molar-refractivity contribution is 0.0945. The van der Waals surface area contributed by atoms with Crippen LogP contribution in [-0.2, 0) is 5.41 Å². The van der Waals surface area contributed by atoms with E-state index in [1.165, 1.54) is 16.9 Å². The van der Waals surface area contributed by atoms with Gasteiger partial charge in [-0.15, -0.1) is 11.3 Å². The van der Waals surface area contributed by atoms with Crippen molar-refractivity contribution in [2.45, 2.75) is 19.3 Å². The molecule has 4 heteroatoms. The second kappa shape index (κ2) is 5.31. The molecule has 0 aliphatic heterocycles. The monoisotopic (exact) mass is 260 g/mol. The highest BCUT2D eigenvalue weighted by Crippen LogP contribution is 2.21. The van der Waals surface area contributed by atoms with Crippen molar-refractivity contribution >= 4 is 17.2 Å². The maximum atomic E-state index is 11.8. The zero-order valence-corrected chi connectivity index (χ0v) is 11.3. The lowest BCUT2D eigenvalue weighted by atomic mass is 9.84. The number of carbonyl (C=O) groups excluding carboxylic acids is 1. The van der Waals surface area contributed by atoms with Gasteiger partial charge in [-0.25, -0.2) is 4.98 Å². The number of carbonyl (C=O) groups is 1. The standard InChI is InChI=1S/C14H16N2OS/c1-14(2,11-6-4-3-5-7-11)10-16-12(17)13-15-8-9-18-13/h3-9H,10H2,1-2H3,(H,16,17). The first-order chi connectivity index (χ1) is 8.59. The van der Waals surface area contributed by atoms with Crippen LogP contribution in [0.4, 0.5) is 0 Å². The molecule has 1 aromatic carbocycles. The third-order valence-electron chi connectivity index (χ3n) is 2.87. The van der Waals surface area contributed by atoms with Crippen LogP contribution in [0.25, 0.3) is 0 Å². The molecule has 1 heterocycles. The van der Waals surface area contributed by atoms with E-state index < -0.39 is 0 Å². The molecule has 2 rings (SSSR count). The summed E-state index contributed by atoms with van der Waals surface area (Å²) in [5.41, 5.74) is 1.12. The Balaban J connectivity index is 1.99. The average molecular weight is 260 g/mol. The Labute approximate surface area is 111 Å². The third kappa shape index (κ3) is 2.96. The van der Waals surface area contributed by atoms with Gasteiger partial charge < -0.3 is 5.32 Å². The van der Waals surface area contributed by atoms with Crippen molar-refractivity contribution in [2.24, 2.45) is 0 Å². The highest BCUT2D eigenvalue weighted by atomic mass is 32.1. The molecular weight excluding hydrogens is 244 g/mol. The molecule has 1 amide bonds. The molecule has 0 radical (unpaired) electrons. The van der Waals surface area contributed by atoms with E-state index in [2.05, 4.69) is 36.3 Å². The van der Waals surface area contributed by atoms with Gasteiger partial charge in [0.05, 0.1) is 0 Å². The average Bonchev–Trinajstić information content (AvgIpc) is 2.91. The van der Waals surface area contributed by atoms with Crippen LogP contribution in [-0.4, -0.2) is 17.4 Å². The van der Waals surface area contributed by atoms with E-state index in [1.807, 2.05) is 18.2 Å². The molecule has 0 bridgehead atoms. The molecule has 94 valence electrons. The zero-order chi connectivity index (χ0) is 13.0. The summed E-state index contributed by atoms with van der Waals surface area (Å²) in [6.45, 7) is 4.82. The molecule has 0 atom stereocenters.